The first-order valence-electron chi connectivity index (χ1n) is 29.3. The van der Waals surface area contributed by atoms with Gasteiger partial charge in [0.25, 0.3) is 7.82 Å². The lowest BCUT2D eigenvalue weighted by atomic mass is 10.1. The number of esters is 1. The minimum atomic E-state index is -4.73. The molecule has 0 aliphatic heterocycles. The van der Waals surface area contributed by atoms with Crippen molar-refractivity contribution >= 4 is 19.7 Å². The molecular formula is C64H109N2O7P. The number of amides is 1. The number of hydrogen-bond acceptors (Lipinski definition) is 7. The standard InChI is InChI=1S/C64H109N2O7P/c1-7-10-13-16-19-22-25-28-30-32-33-35-36-38-41-44-47-50-53-56-63(67)65-61(60-72-74(69,70)71-59-58-66(4,5)6)62(55-52-49-46-43-40-27-24-21-18-15-12-9-3)73-64(68)57-54-51-48-45-42-39-37-34-31-29-26-23-20-17-14-11-8-2/h11,14,19-20,22-23,28-31,33,35,37-39,41,45,48,52,55,61-62H,7-10,12-13,15-18,21,24-27,32,34,36,40,42-44,46-47,49-51,53-54,56-60H2,1-6H3,(H-,65,67,69,70)/b14-11-,22-19-,23-20-,30-28-,31-29-,35-33-,39-37-,41-38-,48-45-,55-52+. The van der Waals surface area contributed by atoms with Gasteiger partial charge in [0.1, 0.15) is 19.3 Å². The van der Waals surface area contributed by atoms with Crippen molar-refractivity contribution in [3.8, 4) is 0 Å². The van der Waals surface area contributed by atoms with Crippen LogP contribution in [0, 0.1) is 0 Å². The van der Waals surface area contributed by atoms with Gasteiger partial charge >= 0.3 is 5.97 Å². The van der Waals surface area contributed by atoms with Crippen molar-refractivity contribution in [1.82, 2.24) is 5.32 Å². The summed E-state index contributed by atoms with van der Waals surface area (Å²) in [7, 11) is 1.11. The molecule has 9 nitrogen and oxygen atoms in total. The molecule has 74 heavy (non-hydrogen) atoms. The number of hydrogen-bond donors (Lipinski definition) is 1. The molecule has 0 aromatic heterocycles. The molecule has 1 N–H and O–H groups in total. The number of nitrogens with one attached hydrogen (secondary N) is 1. The normalized spacial score (nSPS) is 14.6. The van der Waals surface area contributed by atoms with Gasteiger partial charge in [-0.25, -0.2) is 0 Å². The summed E-state index contributed by atoms with van der Waals surface area (Å²) in [5.74, 6) is -0.655. The average Bonchev–Trinajstić information content (AvgIpc) is 3.36. The Morgan fingerprint density at radius 2 is 0.878 bits per heavy atom. The van der Waals surface area contributed by atoms with Gasteiger partial charge in [-0.1, -0.05) is 213 Å². The average molecular weight is 1050 g/mol. The van der Waals surface area contributed by atoms with Crippen LogP contribution in [0.25, 0.3) is 0 Å². The lowest BCUT2D eigenvalue weighted by molar-refractivity contribution is -0.870. The van der Waals surface area contributed by atoms with E-state index >= 15 is 0 Å². The minimum absolute atomic E-state index is 0.0442. The number of phosphoric acid groups is 1. The molecule has 0 spiro atoms. The van der Waals surface area contributed by atoms with Gasteiger partial charge < -0.3 is 28.5 Å². The molecule has 422 valence electrons. The summed E-state index contributed by atoms with van der Waals surface area (Å²) in [5.41, 5.74) is 0. The highest BCUT2D eigenvalue weighted by molar-refractivity contribution is 7.45. The molecule has 3 unspecified atom stereocenters. The molecule has 0 heterocycles. The molecule has 0 fully saturated rings. The predicted octanol–water partition coefficient (Wildman–Crippen LogP) is 17.3. The number of carbonyl (C=O) groups is 2. The summed E-state index contributed by atoms with van der Waals surface area (Å²) in [6.07, 6.45) is 73.1. The van der Waals surface area contributed by atoms with E-state index in [1.165, 1.54) is 77.0 Å². The first-order valence-corrected chi connectivity index (χ1v) is 30.8. The molecule has 1 amide bonds. The Kier molecular flexibility index (Phi) is 50.3. The highest BCUT2D eigenvalue weighted by Gasteiger charge is 2.27. The van der Waals surface area contributed by atoms with Gasteiger partial charge in [-0.3, -0.25) is 14.2 Å². The van der Waals surface area contributed by atoms with E-state index in [1.807, 2.05) is 27.2 Å². The van der Waals surface area contributed by atoms with Crippen LogP contribution < -0.4 is 10.2 Å². The molecule has 0 aromatic rings. The van der Waals surface area contributed by atoms with Gasteiger partial charge in [-0.2, -0.15) is 0 Å². The molecule has 0 aliphatic rings. The number of allylic oxidation sites excluding steroid dienone is 19. The molecule has 10 heteroatoms. The summed E-state index contributed by atoms with van der Waals surface area (Å²) in [6.45, 7) is 6.61. The van der Waals surface area contributed by atoms with Crippen LogP contribution in [0.1, 0.15) is 220 Å². The van der Waals surface area contributed by atoms with Crippen LogP contribution >= 0.6 is 7.82 Å². The van der Waals surface area contributed by atoms with E-state index < -0.39 is 32.5 Å². The second kappa shape index (κ2) is 52.8. The van der Waals surface area contributed by atoms with E-state index in [1.54, 1.807) is 6.08 Å². The van der Waals surface area contributed by atoms with Crippen LogP contribution in [0.3, 0.4) is 0 Å². The van der Waals surface area contributed by atoms with Crippen LogP contribution in [0.15, 0.2) is 122 Å². The van der Waals surface area contributed by atoms with Crippen molar-refractivity contribution in [1.29, 1.82) is 0 Å². The van der Waals surface area contributed by atoms with Crippen LogP contribution in [0.5, 0.6) is 0 Å². The second-order valence-corrected chi connectivity index (χ2v) is 21.8. The zero-order valence-electron chi connectivity index (χ0n) is 48.0. The fourth-order valence-electron chi connectivity index (χ4n) is 7.60. The summed E-state index contributed by atoms with van der Waals surface area (Å²) in [6, 6.07) is -0.936. The van der Waals surface area contributed by atoms with Crippen molar-refractivity contribution in [3.05, 3.63) is 122 Å². The topological polar surface area (TPSA) is 114 Å². The van der Waals surface area contributed by atoms with Crippen LogP contribution in [0.2, 0.25) is 0 Å². The number of phosphoric ester groups is 1. The Hall–Kier alpha value is -3.59. The third kappa shape index (κ3) is 53.2. The molecule has 0 saturated heterocycles. The lowest BCUT2D eigenvalue weighted by Gasteiger charge is -2.30. The van der Waals surface area contributed by atoms with Crippen LogP contribution in [-0.4, -0.2) is 69.4 Å². The Morgan fingerprint density at radius 1 is 0.486 bits per heavy atom. The van der Waals surface area contributed by atoms with Gasteiger partial charge in [0, 0.05) is 12.8 Å². The summed E-state index contributed by atoms with van der Waals surface area (Å²) in [4.78, 5) is 39.9. The molecule has 0 rings (SSSR count). The zero-order valence-corrected chi connectivity index (χ0v) is 48.9. The van der Waals surface area contributed by atoms with Gasteiger partial charge in [0.15, 0.2) is 0 Å². The number of quaternary nitrogens is 1. The maximum Gasteiger partial charge on any atom is 0.306 e. The van der Waals surface area contributed by atoms with E-state index in [4.69, 9.17) is 13.8 Å². The second-order valence-electron chi connectivity index (χ2n) is 20.4. The smallest absolute Gasteiger partial charge is 0.306 e. The summed E-state index contributed by atoms with van der Waals surface area (Å²) in [5, 5.41) is 2.99. The molecular weight excluding hydrogens is 940 g/mol. The van der Waals surface area contributed by atoms with E-state index in [0.717, 1.165) is 96.3 Å². The van der Waals surface area contributed by atoms with Crippen molar-refractivity contribution in [2.75, 3.05) is 40.9 Å². The van der Waals surface area contributed by atoms with E-state index in [2.05, 4.69) is 135 Å². The van der Waals surface area contributed by atoms with Crippen molar-refractivity contribution in [2.24, 2.45) is 0 Å². The molecule has 0 saturated carbocycles. The third-order valence-electron chi connectivity index (χ3n) is 12.1. The third-order valence-corrected chi connectivity index (χ3v) is 13.1. The fraction of sp³-hybridized carbons (Fsp3) is 0.656. The SMILES string of the molecule is CC/C=C\C/C=C\C/C=C\C/C=C\C/C=C\CCCC(=O)OC(/C=C/CCCCCCCCCCCC)C(COP(=O)([O-])OCC[N+](C)(C)C)NC(=O)CCCCC/C=C\C/C=C\C/C=C\C/C=C\CCCCC. The molecule has 0 bridgehead atoms. The monoisotopic (exact) mass is 1050 g/mol. The number of carbonyl (C=O) groups excluding carboxylic acids is 2. The van der Waals surface area contributed by atoms with Crippen LogP contribution in [0.4, 0.5) is 0 Å². The Bertz CT molecular complexity index is 1680. The highest BCUT2D eigenvalue weighted by Crippen LogP contribution is 2.38. The molecule has 0 aliphatic carbocycles. The number of unbranched alkanes of at least 4 members (excludes halogenated alkanes) is 17. The summed E-state index contributed by atoms with van der Waals surface area (Å²) >= 11 is 0. The molecule has 0 radical (unpaired) electrons. The van der Waals surface area contributed by atoms with Gasteiger partial charge in [0.05, 0.1) is 33.8 Å². The largest absolute Gasteiger partial charge is 0.756 e. The van der Waals surface area contributed by atoms with Crippen molar-refractivity contribution in [2.45, 2.75) is 232 Å². The van der Waals surface area contributed by atoms with Crippen LogP contribution in [-0.2, 0) is 27.9 Å². The highest BCUT2D eigenvalue weighted by atomic mass is 31.2. The fourth-order valence-corrected chi connectivity index (χ4v) is 8.32. The number of ether oxygens (including phenoxy) is 1. The quantitative estimate of drug-likeness (QED) is 0.0212. The van der Waals surface area contributed by atoms with E-state index in [9.17, 15) is 19.0 Å². The zero-order chi connectivity index (χ0) is 54.3. The lowest BCUT2D eigenvalue weighted by Crippen LogP contribution is -2.47. The van der Waals surface area contributed by atoms with E-state index in [-0.39, 0.29) is 25.4 Å². The molecule has 0 aromatic carbocycles. The summed E-state index contributed by atoms with van der Waals surface area (Å²) < 4.78 is 30.2. The maximum atomic E-state index is 13.5. The Morgan fingerprint density at radius 3 is 1.35 bits per heavy atom. The first kappa shape index (κ1) is 70.4. The van der Waals surface area contributed by atoms with Crippen molar-refractivity contribution < 1.29 is 37.3 Å². The maximum absolute atomic E-state index is 13.5. The van der Waals surface area contributed by atoms with E-state index in [0.29, 0.717) is 23.9 Å². The number of likely N-dealkylation sites (N-methyl/N-ethyl adjacent to an activating group) is 1. The van der Waals surface area contributed by atoms with Crippen molar-refractivity contribution in [3.63, 3.8) is 0 Å². The molecule has 3 atom stereocenters. The Balaban J connectivity index is 5.49. The van der Waals surface area contributed by atoms with Gasteiger partial charge in [-0.05, 0) is 115 Å². The number of nitrogens with zero attached hydrogens (tertiary/aromatic N) is 1. The Labute approximate surface area is 454 Å². The van der Waals surface area contributed by atoms with Gasteiger partial charge in [-0.15, -0.1) is 0 Å². The number of rotatable bonds is 51. The minimum Gasteiger partial charge on any atom is -0.756 e. The van der Waals surface area contributed by atoms with Gasteiger partial charge in [0.2, 0.25) is 5.91 Å². The first-order chi connectivity index (χ1) is 35.9. The predicted molar refractivity (Wildman–Crippen MR) is 316 cm³/mol.